The molecule has 13 heteroatoms. The van der Waals surface area contributed by atoms with Crippen LogP contribution in [0.15, 0.2) is 47.6 Å². The average Bonchev–Trinajstić information content (AvgIpc) is 2.92. The molecule has 2 heterocycles. The van der Waals surface area contributed by atoms with E-state index in [0.29, 0.717) is 34.3 Å². The summed E-state index contributed by atoms with van der Waals surface area (Å²) >= 11 is 1.32. The molecular formula is C29H34N8O4S. The molecule has 0 radical (unpaired) electrons. The Kier molecular flexibility index (Phi) is 10.8. The molecule has 3 amide bonds. The monoisotopic (exact) mass is 590 g/mol. The van der Waals surface area contributed by atoms with Crippen molar-refractivity contribution in [3.8, 4) is 17.3 Å². The summed E-state index contributed by atoms with van der Waals surface area (Å²) in [6.07, 6.45) is -0.394. The summed E-state index contributed by atoms with van der Waals surface area (Å²) in [5, 5.41) is 24.9. The van der Waals surface area contributed by atoms with Gasteiger partial charge in [-0.05, 0) is 51.5 Å². The third kappa shape index (κ3) is 9.17. The Bertz CT molecular complexity index is 1480. The second-order valence-corrected chi connectivity index (χ2v) is 11.3. The molecule has 12 nitrogen and oxygen atoms in total. The predicted molar refractivity (Wildman–Crippen MR) is 161 cm³/mol. The number of carboxylic acid groups (broad SMARTS) is 1. The molecule has 0 aliphatic carbocycles. The topological polar surface area (TPSA) is 187 Å². The number of nitrogens with two attached hydrogens (primary N) is 1. The van der Waals surface area contributed by atoms with Crippen molar-refractivity contribution in [3.63, 3.8) is 0 Å². The van der Waals surface area contributed by atoms with E-state index in [2.05, 4.69) is 31.7 Å². The lowest BCUT2D eigenvalue weighted by molar-refractivity contribution is -0.121. The first-order chi connectivity index (χ1) is 19.9. The number of carbonyl (C=O) groups excluding carboxylic acids is 2. The summed E-state index contributed by atoms with van der Waals surface area (Å²) in [6.45, 7) is 7.25. The van der Waals surface area contributed by atoms with Crippen molar-refractivity contribution < 1.29 is 19.5 Å². The number of anilines is 2. The fraction of sp³-hybridized carbons (Fsp3) is 0.345. The van der Waals surface area contributed by atoms with Crippen LogP contribution in [0.25, 0.3) is 11.3 Å². The number of nitrogens with one attached hydrogen (secondary N) is 2. The van der Waals surface area contributed by atoms with Crippen molar-refractivity contribution in [2.24, 2.45) is 0 Å². The van der Waals surface area contributed by atoms with Gasteiger partial charge >= 0.3 is 6.09 Å². The molecule has 2 aromatic heterocycles. The van der Waals surface area contributed by atoms with Crippen LogP contribution in [0.2, 0.25) is 0 Å². The SMILES string of the molecule is CC(=O)Nc1ccc(-c2nc(SCc3cccc(CCC(=O)NCCN(C(=O)O)C(C)(C)C)n3)nc(N)c2C#N)cc1. The average molecular weight is 591 g/mol. The van der Waals surface area contributed by atoms with E-state index in [4.69, 9.17) is 5.73 Å². The van der Waals surface area contributed by atoms with E-state index < -0.39 is 11.6 Å². The summed E-state index contributed by atoms with van der Waals surface area (Å²) in [4.78, 5) is 49.8. The minimum atomic E-state index is -1.03. The lowest BCUT2D eigenvalue weighted by Crippen LogP contribution is -2.48. The fourth-order valence-electron chi connectivity index (χ4n) is 4.00. The summed E-state index contributed by atoms with van der Waals surface area (Å²) in [5.41, 5.74) is 8.86. The zero-order valence-corrected chi connectivity index (χ0v) is 24.8. The maximum Gasteiger partial charge on any atom is 0.407 e. The first-order valence-electron chi connectivity index (χ1n) is 13.2. The molecule has 3 rings (SSSR count). The maximum absolute atomic E-state index is 12.3. The van der Waals surface area contributed by atoms with Gasteiger partial charge in [-0.15, -0.1) is 0 Å². The van der Waals surface area contributed by atoms with Gasteiger partial charge in [0.05, 0.1) is 11.4 Å². The van der Waals surface area contributed by atoms with Gasteiger partial charge < -0.3 is 26.4 Å². The van der Waals surface area contributed by atoms with Crippen LogP contribution in [0.1, 0.15) is 51.1 Å². The first-order valence-corrected chi connectivity index (χ1v) is 14.2. The van der Waals surface area contributed by atoms with Crippen molar-refractivity contribution in [2.75, 3.05) is 24.1 Å². The van der Waals surface area contributed by atoms with Crippen LogP contribution in [0.3, 0.4) is 0 Å². The van der Waals surface area contributed by atoms with Crippen LogP contribution in [0, 0.1) is 11.3 Å². The number of hydrogen-bond acceptors (Lipinski definition) is 9. The number of nitrogens with zero attached hydrogens (tertiary/aromatic N) is 5. The van der Waals surface area contributed by atoms with E-state index in [0.717, 1.165) is 11.4 Å². The van der Waals surface area contributed by atoms with Gasteiger partial charge in [0, 0.05) is 54.7 Å². The van der Waals surface area contributed by atoms with E-state index in [9.17, 15) is 24.8 Å². The third-order valence-electron chi connectivity index (χ3n) is 6.03. The minimum Gasteiger partial charge on any atom is -0.465 e. The van der Waals surface area contributed by atoms with Gasteiger partial charge in [-0.25, -0.2) is 14.8 Å². The molecule has 5 N–H and O–H groups in total. The Morgan fingerprint density at radius 1 is 1.07 bits per heavy atom. The smallest absolute Gasteiger partial charge is 0.407 e. The number of hydrogen-bond donors (Lipinski definition) is 4. The molecule has 0 saturated heterocycles. The second-order valence-electron chi connectivity index (χ2n) is 10.3. The number of nitriles is 1. The molecule has 0 aliphatic rings. The zero-order valence-electron chi connectivity index (χ0n) is 24.0. The van der Waals surface area contributed by atoms with E-state index in [1.807, 2.05) is 18.2 Å². The van der Waals surface area contributed by atoms with Crippen LogP contribution in [0.5, 0.6) is 0 Å². The quantitative estimate of drug-likeness (QED) is 0.187. The van der Waals surface area contributed by atoms with Gasteiger partial charge in [0.15, 0.2) is 5.16 Å². The predicted octanol–water partition coefficient (Wildman–Crippen LogP) is 4.07. The molecule has 0 fully saturated rings. The molecular weight excluding hydrogens is 556 g/mol. The van der Waals surface area contributed by atoms with Gasteiger partial charge in [-0.1, -0.05) is 30.0 Å². The molecule has 42 heavy (non-hydrogen) atoms. The molecule has 0 aliphatic heterocycles. The highest BCUT2D eigenvalue weighted by Gasteiger charge is 2.25. The number of thioether (sulfide) groups is 1. The number of amides is 3. The van der Waals surface area contributed by atoms with Crippen molar-refractivity contribution >= 4 is 41.2 Å². The third-order valence-corrected chi connectivity index (χ3v) is 6.91. The van der Waals surface area contributed by atoms with E-state index >= 15 is 0 Å². The Balaban J connectivity index is 1.60. The molecule has 0 unspecified atom stereocenters. The van der Waals surface area contributed by atoms with E-state index in [-0.39, 0.29) is 42.7 Å². The Morgan fingerprint density at radius 2 is 1.76 bits per heavy atom. The van der Waals surface area contributed by atoms with Crippen molar-refractivity contribution in [2.45, 2.75) is 57.0 Å². The highest BCUT2D eigenvalue weighted by molar-refractivity contribution is 7.98. The number of nitrogen functional groups attached to an aromatic ring is 1. The number of rotatable bonds is 11. The number of pyridine rings is 1. The zero-order chi connectivity index (χ0) is 30.9. The van der Waals surface area contributed by atoms with Crippen molar-refractivity contribution in [1.29, 1.82) is 5.26 Å². The van der Waals surface area contributed by atoms with E-state index in [1.54, 1.807) is 45.0 Å². The standard InChI is InChI=1S/C29H34N8O4S/c1-18(38)33-21-10-8-19(9-11-21)25-23(16-30)26(31)36-27(35-25)42-17-22-7-5-6-20(34-22)12-13-24(39)32-14-15-37(28(40)41)29(2,3)4/h5-11H,12-15,17H2,1-4H3,(H,32,39)(H,33,38)(H,40,41)(H2,31,35,36). The van der Waals surface area contributed by atoms with E-state index in [1.165, 1.54) is 23.6 Å². The maximum atomic E-state index is 12.3. The second kappa shape index (κ2) is 14.3. The number of carbonyl (C=O) groups is 3. The summed E-state index contributed by atoms with van der Waals surface area (Å²) in [5.74, 6) is 0.129. The minimum absolute atomic E-state index is 0.0673. The van der Waals surface area contributed by atoms with Gasteiger partial charge in [0.25, 0.3) is 0 Å². The Hall–Kier alpha value is -4.70. The number of aromatic nitrogens is 3. The normalized spacial score (nSPS) is 10.9. The highest BCUT2D eigenvalue weighted by atomic mass is 32.2. The molecule has 1 aromatic carbocycles. The van der Waals surface area contributed by atoms with Crippen LogP contribution < -0.4 is 16.4 Å². The van der Waals surface area contributed by atoms with Crippen molar-refractivity contribution in [3.05, 3.63) is 59.4 Å². The number of benzene rings is 1. The number of aryl methyl sites for hydroxylation is 1. The molecule has 0 spiro atoms. The van der Waals surface area contributed by atoms with Gasteiger partial charge in [0.1, 0.15) is 17.5 Å². The van der Waals surface area contributed by atoms with Crippen LogP contribution in [-0.4, -0.2) is 61.5 Å². The highest BCUT2D eigenvalue weighted by Crippen LogP contribution is 2.29. The molecule has 0 saturated carbocycles. The van der Waals surface area contributed by atoms with Crippen LogP contribution >= 0.6 is 11.8 Å². The first kappa shape index (κ1) is 31.8. The summed E-state index contributed by atoms with van der Waals surface area (Å²) < 4.78 is 0. The van der Waals surface area contributed by atoms with Gasteiger partial charge in [0.2, 0.25) is 11.8 Å². The molecule has 3 aromatic rings. The van der Waals surface area contributed by atoms with Gasteiger partial charge in [-0.3, -0.25) is 14.6 Å². The van der Waals surface area contributed by atoms with Gasteiger partial charge in [-0.2, -0.15) is 5.26 Å². The largest absolute Gasteiger partial charge is 0.465 e. The van der Waals surface area contributed by atoms with Crippen LogP contribution in [-0.2, 0) is 21.8 Å². The molecule has 0 bridgehead atoms. The lowest BCUT2D eigenvalue weighted by atomic mass is 10.1. The fourth-order valence-corrected chi connectivity index (χ4v) is 4.75. The molecule has 0 atom stereocenters. The summed E-state index contributed by atoms with van der Waals surface area (Å²) in [7, 11) is 0. The Labute approximate surface area is 248 Å². The van der Waals surface area contributed by atoms with Crippen molar-refractivity contribution in [1.82, 2.24) is 25.2 Å². The molecule has 220 valence electrons. The lowest BCUT2D eigenvalue weighted by Gasteiger charge is -2.33. The summed E-state index contributed by atoms with van der Waals surface area (Å²) in [6, 6.07) is 14.6. The van der Waals surface area contributed by atoms with Crippen LogP contribution in [0.4, 0.5) is 16.3 Å². The Morgan fingerprint density at radius 3 is 2.38 bits per heavy atom.